The number of carbonyl (C=O) groups is 1. The highest BCUT2D eigenvalue weighted by Gasteiger charge is 2.23. The van der Waals surface area contributed by atoms with Gasteiger partial charge in [0.2, 0.25) is 0 Å². The fourth-order valence-electron chi connectivity index (χ4n) is 3.37. The quantitative estimate of drug-likeness (QED) is 0.787. The number of fused-ring (bicyclic) bond motifs is 1. The maximum Gasteiger partial charge on any atom is 0.273 e. The van der Waals surface area contributed by atoms with Gasteiger partial charge in [0, 0.05) is 0 Å². The summed E-state index contributed by atoms with van der Waals surface area (Å²) >= 11 is 0. The van der Waals surface area contributed by atoms with Crippen LogP contribution in [0.4, 0.5) is 0 Å². The van der Waals surface area contributed by atoms with Gasteiger partial charge in [-0.15, -0.1) is 5.10 Å². The van der Waals surface area contributed by atoms with Crippen molar-refractivity contribution in [1.29, 1.82) is 0 Å². The van der Waals surface area contributed by atoms with Crippen LogP contribution in [-0.4, -0.2) is 28.0 Å². The van der Waals surface area contributed by atoms with Gasteiger partial charge in [-0.1, -0.05) is 29.5 Å². The van der Waals surface area contributed by atoms with Crippen molar-refractivity contribution in [1.82, 2.24) is 20.3 Å². The van der Waals surface area contributed by atoms with Gasteiger partial charge in [0.25, 0.3) is 5.91 Å². The van der Waals surface area contributed by atoms with Crippen molar-refractivity contribution in [3.63, 3.8) is 0 Å². The first kappa shape index (κ1) is 16.3. The Morgan fingerprint density at radius 2 is 2.00 bits per heavy atom. The van der Waals surface area contributed by atoms with Gasteiger partial charge < -0.3 is 10.1 Å². The summed E-state index contributed by atoms with van der Waals surface area (Å²) in [6, 6.07) is 15.7. The topological polar surface area (TPSA) is 69.0 Å². The first-order chi connectivity index (χ1) is 12.7. The van der Waals surface area contributed by atoms with E-state index in [-0.39, 0.29) is 11.9 Å². The van der Waals surface area contributed by atoms with E-state index in [1.165, 1.54) is 11.1 Å². The zero-order valence-electron chi connectivity index (χ0n) is 14.6. The lowest BCUT2D eigenvalue weighted by atomic mass is 9.88. The monoisotopic (exact) mass is 348 g/mol. The number of aromatic nitrogens is 3. The molecule has 0 aliphatic heterocycles. The third-order valence-electron chi connectivity index (χ3n) is 4.74. The van der Waals surface area contributed by atoms with Gasteiger partial charge in [-0.3, -0.25) is 4.79 Å². The number of carbonyl (C=O) groups excluding carboxylic acids is 1. The van der Waals surface area contributed by atoms with Crippen molar-refractivity contribution in [3.8, 4) is 11.4 Å². The summed E-state index contributed by atoms with van der Waals surface area (Å²) in [5.41, 5.74) is 3.64. The molecule has 1 atom stereocenters. The number of hydrogen-bond acceptors (Lipinski definition) is 4. The smallest absolute Gasteiger partial charge is 0.273 e. The lowest BCUT2D eigenvalue weighted by Crippen LogP contribution is -2.31. The molecule has 0 fully saturated rings. The first-order valence-electron chi connectivity index (χ1n) is 8.70. The van der Waals surface area contributed by atoms with Gasteiger partial charge in [0.15, 0.2) is 5.69 Å². The third-order valence-corrected chi connectivity index (χ3v) is 4.74. The molecular formula is C20H20N4O2. The number of amides is 1. The maximum atomic E-state index is 12.6. The fourth-order valence-corrected chi connectivity index (χ4v) is 3.37. The highest BCUT2D eigenvalue weighted by molar-refractivity contribution is 5.92. The van der Waals surface area contributed by atoms with E-state index in [1.54, 1.807) is 18.0 Å². The highest BCUT2D eigenvalue weighted by Crippen LogP contribution is 2.29. The molecule has 3 aromatic rings. The van der Waals surface area contributed by atoms with E-state index in [9.17, 15) is 4.79 Å². The van der Waals surface area contributed by atoms with Crippen LogP contribution in [0.15, 0.2) is 54.7 Å². The molecule has 4 rings (SSSR count). The molecular weight excluding hydrogens is 328 g/mol. The van der Waals surface area contributed by atoms with Crippen molar-refractivity contribution in [2.24, 2.45) is 0 Å². The Labute approximate surface area is 151 Å². The summed E-state index contributed by atoms with van der Waals surface area (Å²) in [7, 11) is 1.62. The Bertz CT molecular complexity index is 918. The summed E-state index contributed by atoms with van der Waals surface area (Å²) in [4.78, 5) is 12.6. The van der Waals surface area contributed by atoms with E-state index in [4.69, 9.17) is 4.74 Å². The zero-order valence-corrected chi connectivity index (χ0v) is 14.6. The molecule has 1 aromatic heterocycles. The first-order valence-corrected chi connectivity index (χ1v) is 8.70. The second-order valence-corrected chi connectivity index (χ2v) is 6.36. The minimum absolute atomic E-state index is 0.0265. The van der Waals surface area contributed by atoms with Crippen LogP contribution in [0.2, 0.25) is 0 Å². The number of benzene rings is 2. The lowest BCUT2D eigenvalue weighted by molar-refractivity contribution is 0.0927. The van der Waals surface area contributed by atoms with Crippen LogP contribution in [0.25, 0.3) is 5.69 Å². The second-order valence-electron chi connectivity index (χ2n) is 6.36. The maximum absolute atomic E-state index is 12.6. The van der Waals surface area contributed by atoms with E-state index < -0.39 is 0 Å². The van der Waals surface area contributed by atoms with E-state index in [0.717, 1.165) is 30.7 Å². The number of hydrogen-bond donors (Lipinski definition) is 1. The molecule has 0 bridgehead atoms. The normalized spacial score (nSPS) is 16.0. The van der Waals surface area contributed by atoms with E-state index in [1.807, 2.05) is 36.4 Å². The molecule has 0 saturated heterocycles. The molecule has 1 aliphatic carbocycles. The Kier molecular flexibility index (Phi) is 4.39. The van der Waals surface area contributed by atoms with Crippen molar-refractivity contribution >= 4 is 5.91 Å². The molecule has 1 N–H and O–H groups in total. The van der Waals surface area contributed by atoms with E-state index in [0.29, 0.717) is 5.69 Å². The number of methoxy groups -OCH3 is 1. The number of rotatable bonds is 4. The Hall–Kier alpha value is -3.15. The van der Waals surface area contributed by atoms with Crippen LogP contribution < -0.4 is 10.1 Å². The SMILES string of the molecule is COc1ccc(-n2cc(C(=O)N[C@H]3CCCc4ccccc43)nn2)cc1. The van der Waals surface area contributed by atoms with Gasteiger partial charge in [0.1, 0.15) is 5.75 Å². The molecule has 0 spiro atoms. The molecule has 26 heavy (non-hydrogen) atoms. The molecule has 0 unspecified atom stereocenters. The number of nitrogens with zero attached hydrogens (tertiary/aromatic N) is 3. The summed E-state index contributed by atoms with van der Waals surface area (Å²) < 4.78 is 6.74. The van der Waals surface area contributed by atoms with Crippen molar-refractivity contribution in [2.75, 3.05) is 7.11 Å². The third kappa shape index (κ3) is 3.18. The van der Waals surface area contributed by atoms with Crippen LogP contribution in [0.3, 0.4) is 0 Å². The minimum Gasteiger partial charge on any atom is -0.497 e. The lowest BCUT2D eigenvalue weighted by Gasteiger charge is -2.25. The minimum atomic E-state index is -0.202. The molecule has 0 saturated carbocycles. The van der Waals surface area contributed by atoms with Gasteiger partial charge in [0.05, 0.1) is 25.0 Å². The largest absolute Gasteiger partial charge is 0.497 e. The molecule has 2 aromatic carbocycles. The molecule has 6 nitrogen and oxygen atoms in total. The Morgan fingerprint density at radius 3 is 2.81 bits per heavy atom. The van der Waals surface area contributed by atoms with Crippen molar-refractivity contribution in [2.45, 2.75) is 25.3 Å². The van der Waals surface area contributed by atoms with Gasteiger partial charge in [-0.25, -0.2) is 4.68 Å². The average Bonchev–Trinajstić information content (AvgIpc) is 3.19. The van der Waals surface area contributed by atoms with Crippen LogP contribution in [0.1, 0.15) is 40.5 Å². The van der Waals surface area contributed by atoms with Crippen LogP contribution in [0, 0.1) is 0 Å². The van der Waals surface area contributed by atoms with Crippen LogP contribution in [0.5, 0.6) is 5.75 Å². The predicted molar refractivity (Wildman–Crippen MR) is 97.5 cm³/mol. The number of nitrogens with one attached hydrogen (secondary N) is 1. The standard InChI is InChI=1S/C20H20N4O2/c1-26-16-11-9-15(10-12-16)24-13-19(22-23-24)20(25)21-18-8-4-6-14-5-2-3-7-17(14)18/h2-3,5,7,9-13,18H,4,6,8H2,1H3,(H,21,25)/t18-/m0/s1. The number of ether oxygens (including phenoxy) is 1. The molecule has 1 aliphatic rings. The highest BCUT2D eigenvalue weighted by atomic mass is 16.5. The Balaban J connectivity index is 1.50. The van der Waals surface area contributed by atoms with Crippen LogP contribution in [-0.2, 0) is 6.42 Å². The van der Waals surface area contributed by atoms with Crippen LogP contribution >= 0.6 is 0 Å². The second kappa shape index (κ2) is 7.00. The number of aryl methyl sites for hydroxylation is 1. The summed E-state index contributed by atoms with van der Waals surface area (Å²) in [6.45, 7) is 0. The predicted octanol–water partition coefficient (Wildman–Crippen LogP) is 3.08. The molecule has 1 heterocycles. The van der Waals surface area contributed by atoms with Gasteiger partial charge >= 0.3 is 0 Å². The fraction of sp³-hybridized carbons (Fsp3) is 0.250. The summed E-state index contributed by atoms with van der Waals surface area (Å²) in [5.74, 6) is 0.564. The Morgan fingerprint density at radius 1 is 1.19 bits per heavy atom. The summed E-state index contributed by atoms with van der Waals surface area (Å²) in [6.07, 6.45) is 4.72. The molecule has 132 valence electrons. The van der Waals surface area contributed by atoms with Crippen molar-refractivity contribution in [3.05, 3.63) is 71.5 Å². The van der Waals surface area contributed by atoms with Gasteiger partial charge in [-0.05, 0) is 54.7 Å². The molecule has 6 heteroatoms. The molecule has 1 amide bonds. The zero-order chi connectivity index (χ0) is 17.9. The molecule has 0 radical (unpaired) electrons. The van der Waals surface area contributed by atoms with Gasteiger partial charge in [-0.2, -0.15) is 0 Å². The van der Waals surface area contributed by atoms with Crippen molar-refractivity contribution < 1.29 is 9.53 Å². The van der Waals surface area contributed by atoms with E-state index >= 15 is 0 Å². The summed E-state index contributed by atoms with van der Waals surface area (Å²) in [5, 5.41) is 11.2. The van der Waals surface area contributed by atoms with E-state index in [2.05, 4.69) is 27.8 Å². The average molecular weight is 348 g/mol.